The van der Waals surface area contributed by atoms with E-state index in [0.29, 0.717) is 6.04 Å². The van der Waals surface area contributed by atoms with Crippen LogP contribution in [0.4, 0.5) is 11.4 Å². The van der Waals surface area contributed by atoms with Crippen LogP contribution in [0.3, 0.4) is 0 Å². The van der Waals surface area contributed by atoms with Crippen molar-refractivity contribution >= 4 is 17.3 Å². The third kappa shape index (κ3) is 3.09. The summed E-state index contributed by atoms with van der Waals surface area (Å²) < 4.78 is 0. The van der Waals surface area contributed by atoms with E-state index in [2.05, 4.69) is 22.3 Å². The first-order valence-corrected chi connectivity index (χ1v) is 8.62. The number of amides is 1. The average molecular weight is 322 g/mol. The molecule has 0 spiro atoms. The highest BCUT2D eigenvalue weighted by molar-refractivity contribution is 5.92. The van der Waals surface area contributed by atoms with Crippen LogP contribution in [-0.2, 0) is 11.2 Å². The molecule has 1 amide bonds. The Morgan fingerprint density at radius 3 is 2.67 bits per heavy atom. The lowest BCUT2D eigenvalue weighted by molar-refractivity contribution is -0.115. The van der Waals surface area contributed by atoms with Gasteiger partial charge in [-0.2, -0.15) is 0 Å². The van der Waals surface area contributed by atoms with Crippen molar-refractivity contribution in [2.75, 3.05) is 16.8 Å². The molecule has 4 rings (SSSR count). The van der Waals surface area contributed by atoms with Crippen molar-refractivity contribution in [3.05, 3.63) is 54.1 Å². The summed E-state index contributed by atoms with van der Waals surface area (Å²) in [6, 6.07) is 15.7. The molecule has 1 aliphatic heterocycles. The Morgan fingerprint density at radius 1 is 1.17 bits per heavy atom. The number of phenolic OH excluding ortho intramolecular Hbond substituents is 1. The molecule has 124 valence electrons. The van der Waals surface area contributed by atoms with Gasteiger partial charge in [-0.15, -0.1) is 0 Å². The van der Waals surface area contributed by atoms with Crippen molar-refractivity contribution in [1.29, 1.82) is 0 Å². The number of anilines is 2. The molecule has 2 aromatic carbocycles. The second-order valence-corrected chi connectivity index (χ2v) is 6.93. The lowest BCUT2D eigenvalue weighted by atomic mass is 10.1. The van der Waals surface area contributed by atoms with Crippen molar-refractivity contribution < 1.29 is 9.90 Å². The van der Waals surface area contributed by atoms with Crippen LogP contribution in [0.25, 0.3) is 0 Å². The number of fused-ring (bicyclic) bond motifs is 2. The molecular formula is C20H22N2O2. The summed E-state index contributed by atoms with van der Waals surface area (Å²) in [4.78, 5) is 14.6. The molecule has 2 bridgehead atoms. The summed E-state index contributed by atoms with van der Waals surface area (Å²) in [6.07, 6.45) is 4.28. The second-order valence-electron chi connectivity index (χ2n) is 6.93. The van der Waals surface area contributed by atoms with Crippen LogP contribution in [0.15, 0.2) is 48.5 Å². The lowest BCUT2D eigenvalue weighted by Gasteiger charge is -2.29. The number of phenols is 1. The first-order chi connectivity index (χ1) is 11.7. The summed E-state index contributed by atoms with van der Waals surface area (Å²) in [5.41, 5.74) is 2.87. The summed E-state index contributed by atoms with van der Waals surface area (Å²) in [5, 5.41) is 12.4. The molecule has 1 saturated heterocycles. The van der Waals surface area contributed by atoms with E-state index in [1.807, 2.05) is 18.2 Å². The number of piperidine rings is 1. The van der Waals surface area contributed by atoms with Gasteiger partial charge in [-0.3, -0.25) is 4.79 Å². The molecule has 2 fully saturated rings. The number of benzene rings is 2. The van der Waals surface area contributed by atoms with Gasteiger partial charge in [0, 0.05) is 24.0 Å². The fourth-order valence-corrected chi connectivity index (χ4v) is 4.03. The van der Waals surface area contributed by atoms with E-state index in [1.165, 1.54) is 31.5 Å². The van der Waals surface area contributed by atoms with E-state index in [0.717, 1.165) is 17.2 Å². The molecule has 2 N–H and O–H groups in total. The van der Waals surface area contributed by atoms with Gasteiger partial charge in [0.05, 0.1) is 6.42 Å². The van der Waals surface area contributed by atoms with Crippen molar-refractivity contribution in [3.8, 4) is 5.75 Å². The molecule has 2 atom stereocenters. The molecule has 0 aromatic heterocycles. The Bertz CT molecular complexity index is 742. The fourth-order valence-electron chi connectivity index (χ4n) is 4.03. The third-order valence-electron chi connectivity index (χ3n) is 5.17. The van der Waals surface area contributed by atoms with Crippen LogP contribution in [0.2, 0.25) is 0 Å². The number of aromatic hydroxyl groups is 1. The summed E-state index contributed by atoms with van der Waals surface area (Å²) in [5.74, 6) is 0.981. The van der Waals surface area contributed by atoms with E-state index >= 15 is 0 Å². The van der Waals surface area contributed by atoms with Crippen molar-refractivity contribution in [2.24, 2.45) is 5.92 Å². The van der Waals surface area contributed by atoms with E-state index in [-0.39, 0.29) is 18.1 Å². The van der Waals surface area contributed by atoms with E-state index in [9.17, 15) is 9.90 Å². The largest absolute Gasteiger partial charge is 0.508 e. The summed E-state index contributed by atoms with van der Waals surface area (Å²) in [6.45, 7) is 1.17. The number of nitrogens with one attached hydrogen (secondary N) is 1. The van der Waals surface area contributed by atoms with Crippen LogP contribution in [0.1, 0.15) is 24.8 Å². The van der Waals surface area contributed by atoms with Crippen LogP contribution in [-0.4, -0.2) is 23.6 Å². The zero-order valence-electron chi connectivity index (χ0n) is 13.6. The van der Waals surface area contributed by atoms with Gasteiger partial charge in [0.25, 0.3) is 0 Å². The van der Waals surface area contributed by atoms with Crippen LogP contribution < -0.4 is 10.2 Å². The normalized spacial score (nSPS) is 21.9. The van der Waals surface area contributed by atoms with Gasteiger partial charge >= 0.3 is 0 Å². The average Bonchev–Trinajstić information content (AvgIpc) is 3.18. The molecule has 4 nitrogen and oxygen atoms in total. The molecule has 2 aromatic rings. The fraction of sp³-hybridized carbons (Fsp3) is 0.350. The van der Waals surface area contributed by atoms with Gasteiger partial charge < -0.3 is 15.3 Å². The SMILES string of the molecule is O=C(Cc1cccc(O)c1)Nc1ccc(N2C[C@H]3CC[C@H]2C3)cc1. The zero-order chi connectivity index (χ0) is 16.5. The summed E-state index contributed by atoms with van der Waals surface area (Å²) >= 11 is 0. The Hall–Kier alpha value is -2.49. The highest BCUT2D eigenvalue weighted by Crippen LogP contribution is 2.40. The Labute approximate surface area is 142 Å². The molecule has 4 heteroatoms. The van der Waals surface area contributed by atoms with Gasteiger partial charge in [-0.25, -0.2) is 0 Å². The number of hydrogen-bond donors (Lipinski definition) is 2. The number of carbonyl (C=O) groups is 1. The third-order valence-corrected chi connectivity index (χ3v) is 5.17. The van der Waals surface area contributed by atoms with Gasteiger partial charge in [-0.05, 0) is 67.1 Å². The predicted octanol–water partition coefficient (Wildman–Crippen LogP) is 3.56. The van der Waals surface area contributed by atoms with Gasteiger partial charge in [0.1, 0.15) is 5.75 Å². The lowest BCUT2D eigenvalue weighted by Crippen LogP contribution is -2.31. The number of hydrogen-bond acceptors (Lipinski definition) is 3. The Morgan fingerprint density at radius 2 is 2.00 bits per heavy atom. The standard InChI is InChI=1S/C20H22N2O2/c23-19-3-1-2-14(11-19)12-20(24)21-16-5-8-17(9-6-16)22-13-15-4-7-18(22)10-15/h1-3,5-6,8-9,11,15,18,23H,4,7,10,12-13H2,(H,21,24)/t15-,18-/m0/s1. The Kier molecular flexibility index (Phi) is 3.89. The van der Waals surface area contributed by atoms with Crippen molar-refractivity contribution in [2.45, 2.75) is 31.7 Å². The summed E-state index contributed by atoms with van der Waals surface area (Å²) in [7, 11) is 0. The van der Waals surface area contributed by atoms with Crippen LogP contribution in [0.5, 0.6) is 5.75 Å². The number of nitrogens with zero attached hydrogens (tertiary/aromatic N) is 1. The van der Waals surface area contributed by atoms with E-state index < -0.39 is 0 Å². The predicted molar refractivity (Wildman–Crippen MR) is 95.4 cm³/mol. The molecule has 24 heavy (non-hydrogen) atoms. The maximum atomic E-state index is 12.1. The van der Waals surface area contributed by atoms with Crippen LogP contribution >= 0.6 is 0 Å². The number of rotatable bonds is 4. The molecule has 0 radical (unpaired) electrons. The molecule has 2 aliphatic rings. The maximum absolute atomic E-state index is 12.1. The van der Waals surface area contributed by atoms with E-state index in [4.69, 9.17) is 0 Å². The first kappa shape index (κ1) is 15.1. The van der Waals surface area contributed by atoms with Gasteiger partial charge in [0.2, 0.25) is 5.91 Å². The second kappa shape index (κ2) is 6.19. The van der Waals surface area contributed by atoms with Crippen molar-refractivity contribution in [1.82, 2.24) is 0 Å². The smallest absolute Gasteiger partial charge is 0.228 e. The quantitative estimate of drug-likeness (QED) is 0.905. The molecular weight excluding hydrogens is 300 g/mol. The Balaban J connectivity index is 1.37. The first-order valence-electron chi connectivity index (χ1n) is 8.62. The van der Waals surface area contributed by atoms with Gasteiger partial charge in [-0.1, -0.05) is 12.1 Å². The molecule has 1 saturated carbocycles. The minimum atomic E-state index is -0.0754. The number of carbonyl (C=O) groups excluding carboxylic acids is 1. The minimum Gasteiger partial charge on any atom is -0.508 e. The highest BCUT2D eigenvalue weighted by Gasteiger charge is 2.37. The molecule has 1 aliphatic carbocycles. The van der Waals surface area contributed by atoms with E-state index in [1.54, 1.807) is 18.2 Å². The van der Waals surface area contributed by atoms with Crippen LogP contribution in [0, 0.1) is 5.92 Å². The zero-order valence-corrected chi connectivity index (χ0v) is 13.6. The molecule has 0 unspecified atom stereocenters. The monoisotopic (exact) mass is 322 g/mol. The van der Waals surface area contributed by atoms with Crippen molar-refractivity contribution in [3.63, 3.8) is 0 Å². The highest BCUT2D eigenvalue weighted by atomic mass is 16.3. The molecule has 1 heterocycles. The van der Waals surface area contributed by atoms with Gasteiger partial charge in [0.15, 0.2) is 0 Å². The maximum Gasteiger partial charge on any atom is 0.228 e. The minimum absolute atomic E-state index is 0.0754. The topological polar surface area (TPSA) is 52.6 Å².